The molecule has 4 heteroatoms. The van der Waals surface area contributed by atoms with Crippen LogP contribution in [-0.4, -0.2) is 36.1 Å². The van der Waals surface area contributed by atoms with Gasteiger partial charge in [-0.3, -0.25) is 0 Å². The number of likely N-dealkylation sites (N-methyl/N-ethyl adjacent to an activating group) is 1. The summed E-state index contributed by atoms with van der Waals surface area (Å²) in [4.78, 5) is 8.79. The molecule has 0 aliphatic rings. The summed E-state index contributed by atoms with van der Waals surface area (Å²) in [6, 6.07) is 0. The molecule has 0 aromatic carbocycles. The monoisotopic (exact) mass is 297 g/mol. The third-order valence-electron chi connectivity index (χ3n) is 3.56. The van der Waals surface area contributed by atoms with Crippen LogP contribution >= 0.6 is 11.3 Å². The van der Waals surface area contributed by atoms with Gasteiger partial charge in [-0.1, -0.05) is 34.1 Å². The number of hydrogen-bond donors (Lipinski definition) is 1. The molecule has 0 radical (unpaired) electrons. The molecular weight excluding hydrogens is 266 g/mol. The molecule has 1 aromatic rings. The molecule has 1 heterocycles. The number of hydrogen-bond acceptors (Lipinski definition) is 4. The first-order valence-electron chi connectivity index (χ1n) is 8.15. The van der Waals surface area contributed by atoms with Crippen LogP contribution in [0.1, 0.15) is 56.1 Å². The van der Waals surface area contributed by atoms with Crippen LogP contribution in [-0.2, 0) is 19.4 Å². The third-order valence-corrected chi connectivity index (χ3v) is 4.72. The minimum atomic E-state index is 0.992. The molecule has 0 amide bonds. The molecule has 1 rings (SSSR count). The van der Waals surface area contributed by atoms with Crippen LogP contribution in [0.15, 0.2) is 0 Å². The Labute approximate surface area is 128 Å². The lowest BCUT2D eigenvalue weighted by Crippen LogP contribution is -2.25. The van der Waals surface area contributed by atoms with Crippen LogP contribution in [0.25, 0.3) is 0 Å². The van der Waals surface area contributed by atoms with Gasteiger partial charge in [-0.15, -0.1) is 11.3 Å². The van der Waals surface area contributed by atoms with Crippen LogP contribution < -0.4 is 5.32 Å². The van der Waals surface area contributed by atoms with Crippen molar-refractivity contribution in [1.82, 2.24) is 15.2 Å². The molecule has 20 heavy (non-hydrogen) atoms. The molecule has 3 nitrogen and oxygen atoms in total. The predicted octanol–water partition coefficient (Wildman–Crippen LogP) is 3.48. The van der Waals surface area contributed by atoms with E-state index >= 15 is 0 Å². The molecule has 0 saturated heterocycles. The first kappa shape index (κ1) is 17.6. The second-order valence-corrected chi connectivity index (χ2v) is 6.35. The maximum Gasteiger partial charge on any atom is 0.0944 e. The smallest absolute Gasteiger partial charge is 0.0944 e. The van der Waals surface area contributed by atoms with Crippen LogP contribution in [0.2, 0.25) is 0 Å². The van der Waals surface area contributed by atoms with Crippen LogP contribution in [0.5, 0.6) is 0 Å². The highest BCUT2D eigenvalue weighted by molar-refractivity contribution is 7.11. The topological polar surface area (TPSA) is 28.2 Å². The van der Waals surface area contributed by atoms with E-state index in [1.54, 1.807) is 0 Å². The standard InChI is InChI=1S/C16H31N3S/c1-5-9-14-15(13-17-11-6-2)20-16(18-14)10-12-19(7-3)8-4/h17H,5-13H2,1-4H3. The maximum absolute atomic E-state index is 4.87. The molecular formula is C16H31N3S. The van der Waals surface area contributed by atoms with E-state index < -0.39 is 0 Å². The average Bonchev–Trinajstić information content (AvgIpc) is 2.83. The molecule has 1 N–H and O–H groups in total. The zero-order valence-electron chi connectivity index (χ0n) is 13.7. The van der Waals surface area contributed by atoms with Gasteiger partial charge >= 0.3 is 0 Å². The van der Waals surface area contributed by atoms with E-state index in [4.69, 9.17) is 4.98 Å². The number of nitrogens with zero attached hydrogens (tertiary/aromatic N) is 2. The minimum absolute atomic E-state index is 0.992. The molecule has 0 fully saturated rings. The largest absolute Gasteiger partial charge is 0.312 e. The van der Waals surface area contributed by atoms with Crippen molar-refractivity contribution in [1.29, 1.82) is 0 Å². The fraction of sp³-hybridized carbons (Fsp3) is 0.812. The first-order valence-corrected chi connectivity index (χ1v) is 8.97. The van der Waals surface area contributed by atoms with Crippen molar-refractivity contribution in [3.05, 3.63) is 15.6 Å². The average molecular weight is 298 g/mol. The summed E-state index contributed by atoms with van der Waals surface area (Å²) in [6.45, 7) is 14.4. The van der Waals surface area contributed by atoms with Crippen molar-refractivity contribution in [2.24, 2.45) is 0 Å². The van der Waals surface area contributed by atoms with E-state index in [0.29, 0.717) is 0 Å². The number of thiazole rings is 1. The minimum Gasteiger partial charge on any atom is -0.312 e. The van der Waals surface area contributed by atoms with Gasteiger partial charge in [0.1, 0.15) is 0 Å². The van der Waals surface area contributed by atoms with Crippen molar-refractivity contribution in [2.75, 3.05) is 26.2 Å². The zero-order chi connectivity index (χ0) is 14.8. The van der Waals surface area contributed by atoms with Crippen LogP contribution in [0.4, 0.5) is 0 Å². The van der Waals surface area contributed by atoms with Crippen molar-refractivity contribution >= 4 is 11.3 Å². The lowest BCUT2D eigenvalue weighted by atomic mass is 10.2. The fourth-order valence-electron chi connectivity index (χ4n) is 2.29. The molecule has 0 saturated carbocycles. The van der Waals surface area contributed by atoms with Gasteiger partial charge in [0, 0.05) is 24.4 Å². The lowest BCUT2D eigenvalue weighted by molar-refractivity contribution is 0.308. The van der Waals surface area contributed by atoms with E-state index in [9.17, 15) is 0 Å². The second kappa shape index (κ2) is 10.3. The quantitative estimate of drug-likeness (QED) is 0.634. The number of aryl methyl sites for hydroxylation is 1. The lowest BCUT2D eigenvalue weighted by Gasteiger charge is -2.16. The Balaban J connectivity index is 2.60. The molecule has 0 aliphatic carbocycles. The van der Waals surface area contributed by atoms with E-state index in [1.165, 1.54) is 28.4 Å². The SMILES string of the molecule is CCCNCc1sc(CCN(CC)CC)nc1CCC. The van der Waals surface area contributed by atoms with Gasteiger partial charge in [0.15, 0.2) is 0 Å². The Morgan fingerprint density at radius 1 is 1.05 bits per heavy atom. The summed E-state index contributed by atoms with van der Waals surface area (Å²) in [5.74, 6) is 0. The molecule has 0 aliphatic heterocycles. The van der Waals surface area contributed by atoms with E-state index in [1.807, 2.05) is 11.3 Å². The van der Waals surface area contributed by atoms with Crippen molar-refractivity contribution in [3.63, 3.8) is 0 Å². The highest BCUT2D eigenvalue weighted by atomic mass is 32.1. The van der Waals surface area contributed by atoms with Crippen LogP contribution in [0, 0.1) is 0 Å². The summed E-state index contributed by atoms with van der Waals surface area (Å²) >= 11 is 1.91. The Hall–Kier alpha value is -0.450. The Bertz CT molecular complexity index is 359. The van der Waals surface area contributed by atoms with Crippen molar-refractivity contribution in [2.45, 2.75) is 59.9 Å². The molecule has 0 atom stereocenters. The highest BCUT2D eigenvalue weighted by Crippen LogP contribution is 2.20. The first-order chi connectivity index (χ1) is 9.74. The number of aromatic nitrogens is 1. The van der Waals surface area contributed by atoms with Gasteiger partial charge in [0.2, 0.25) is 0 Å². The van der Waals surface area contributed by atoms with Gasteiger partial charge in [-0.2, -0.15) is 0 Å². The summed E-state index contributed by atoms with van der Waals surface area (Å²) in [5.41, 5.74) is 1.33. The molecule has 0 unspecified atom stereocenters. The van der Waals surface area contributed by atoms with Crippen molar-refractivity contribution in [3.8, 4) is 0 Å². The maximum atomic E-state index is 4.87. The van der Waals surface area contributed by atoms with E-state index in [2.05, 4.69) is 37.9 Å². The summed E-state index contributed by atoms with van der Waals surface area (Å²) in [5, 5.41) is 4.82. The van der Waals surface area contributed by atoms with Gasteiger partial charge < -0.3 is 10.2 Å². The zero-order valence-corrected chi connectivity index (χ0v) is 14.5. The highest BCUT2D eigenvalue weighted by Gasteiger charge is 2.11. The third kappa shape index (κ3) is 5.90. The van der Waals surface area contributed by atoms with Crippen LogP contribution in [0.3, 0.4) is 0 Å². The van der Waals surface area contributed by atoms with E-state index in [-0.39, 0.29) is 0 Å². The predicted molar refractivity (Wildman–Crippen MR) is 89.6 cm³/mol. The van der Waals surface area contributed by atoms with E-state index in [0.717, 1.165) is 45.6 Å². The summed E-state index contributed by atoms with van der Waals surface area (Å²) in [7, 11) is 0. The normalized spacial score (nSPS) is 11.4. The van der Waals surface area contributed by atoms with Crippen molar-refractivity contribution < 1.29 is 0 Å². The summed E-state index contributed by atoms with van der Waals surface area (Å²) < 4.78 is 0. The van der Waals surface area contributed by atoms with Gasteiger partial charge in [0.25, 0.3) is 0 Å². The Morgan fingerprint density at radius 2 is 1.80 bits per heavy atom. The Morgan fingerprint density at radius 3 is 2.40 bits per heavy atom. The van der Waals surface area contributed by atoms with Gasteiger partial charge in [0.05, 0.1) is 10.7 Å². The molecule has 0 bridgehead atoms. The van der Waals surface area contributed by atoms with Gasteiger partial charge in [-0.25, -0.2) is 4.98 Å². The molecule has 116 valence electrons. The number of rotatable bonds is 11. The number of nitrogens with one attached hydrogen (secondary N) is 1. The molecule has 0 spiro atoms. The fourth-order valence-corrected chi connectivity index (χ4v) is 3.36. The molecule has 1 aromatic heterocycles. The summed E-state index contributed by atoms with van der Waals surface area (Å²) in [6.07, 6.45) is 4.58. The Kier molecular flexibility index (Phi) is 9.07. The second-order valence-electron chi connectivity index (χ2n) is 5.18. The van der Waals surface area contributed by atoms with Gasteiger partial charge in [-0.05, 0) is 32.5 Å².